The van der Waals surface area contributed by atoms with E-state index in [2.05, 4.69) is 5.32 Å². The number of aliphatic carboxylic acids is 1. The van der Waals surface area contributed by atoms with Crippen LogP contribution in [-0.2, 0) is 16.0 Å². The first-order chi connectivity index (χ1) is 10.1. The van der Waals surface area contributed by atoms with Gasteiger partial charge in [-0.15, -0.1) is 0 Å². The maximum absolute atomic E-state index is 12.4. The van der Waals surface area contributed by atoms with Gasteiger partial charge in [-0.2, -0.15) is 0 Å². The number of allylic oxidation sites excluding steroid dienone is 1. The van der Waals surface area contributed by atoms with Gasteiger partial charge in [-0.1, -0.05) is 36.4 Å². The molecule has 0 radical (unpaired) electrons. The van der Waals surface area contributed by atoms with Crippen molar-refractivity contribution in [3.63, 3.8) is 0 Å². The molecular weight excluding hydrogens is 266 g/mol. The maximum atomic E-state index is 12.4. The second-order valence-electron chi connectivity index (χ2n) is 5.35. The summed E-state index contributed by atoms with van der Waals surface area (Å²) in [5, 5.41) is 11.9. The van der Waals surface area contributed by atoms with Crippen LogP contribution < -0.4 is 5.32 Å². The van der Waals surface area contributed by atoms with E-state index < -0.39 is 12.0 Å². The van der Waals surface area contributed by atoms with E-state index in [9.17, 15) is 14.7 Å². The Kier molecular flexibility index (Phi) is 5.14. The fraction of sp³-hybridized carbons (Fsp3) is 0.412. The van der Waals surface area contributed by atoms with Crippen LogP contribution in [0.4, 0.5) is 0 Å². The van der Waals surface area contributed by atoms with E-state index in [1.165, 1.54) is 5.56 Å². The van der Waals surface area contributed by atoms with Crippen LogP contribution in [0.25, 0.3) is 0 Å². The molecule has 1 aromatic carbocycles. The van der Waals surface area contributed by atoms with Crippen molar-refractivity contribution >= 4 is 11.9 Å². The van der Waals surface area contributed by atoms with E-state index in [0.717, 1.165) is 24.8 Å². The van der Waals surface area contributed by atoms with Gasteiger partial charge in [-0.3, -0.25) is 4.79 Å². The molecule has 1 aromatic rings. The largest absolute Gasteiger partial charge is 0.480 e. The molecule has 0 saturated heterocycles. The number of hydrogen-bond acceptors (Lipinski definition) is 2. The molecule has 21 heavy (non-hydrogen) atoms. The van der Waals surface area contributed by atoms with Crippen LogP contribution in [0, 0.1) is 0 Å². The Balaban J connectivity index is 2.11. The SMILES string of the molecule is C/C=C/CC(NC(=O)C1CCCc2ccccc21)C(=O)O. The standard InChI is InChI=1S/C17H21NO3/c1-2-3-11-15(17(20)21)18-16(19)14-10-6-8-12-7-4-5-9-13(12)14/h2-5,7,9,14-15H,6,8,10-11H2,1H3,(H,18,19)(H,20,21)/b3-2+. The van der Waals surface area contributed by atoms with Gasteiger partial charge in [-0.25, -0.2) is 4.79 Å². The predicted octanol–water partition coefficient (Wildman–Crippen LogP) is 2.64. The second kappa shape index (κ2) is 7.07. The number of benzene rings is 1. The van der Waals surface area contributed by atoms with Crippen LogP contribution in [0.5, 0.6) is 0 Å². The van der Waals surface area contributed by atoms with Gasteiger partial charge in [0.05, 0.1) is 5.92 Å². The number of carboxylic acids is 1. The molecule has 112 valence electrons. The van der Waals surface area contributed by atoms with Gasteiger partial charge < -0.3 is 10.4 Å². The van der Waals surface area contributed by atoms with Crippen molar-refractivity contribution in [1.29, 1.82) is 0 Å². The highest BCUT2D eigenvalue weighted by molar-refractivity contribution is 5.88. The molecule has 0 aromatic heterocycles. The molecule has 1 aliphatic rings. The smallest absolute Gasteiger partial charge is 0.326 e. The summed E-state index contributed by atoms with van der Waals surface area (Å²) in [7, 11) is 0. The molecule has 4 heteroatoms. The third-order valence-corrected chi connectivity index (χ3v) is 3.91. The number of carbonyl (C=O) groups excluding carboxylic acids is 1. The Morgan fingerprint density at radius 1 is 1.43 bits per heavy atom. The van der Waals surface area contributed by atoms with Crippen LogP contribution in [0.1, 0.15) is 43.2 Å². The summed E-state index contributed by atoms with van der Waals surface area (Å²) >= 11 is 0. The lowest BCUT2D eigenvalue weighted by molar-refractivity contribution is -0.142. The molecule has 2 N–H and O–H groups in total. The van der Waals surface area contributed by atoms with Crippen molar-refractivity contribution in [3.05, 3.63) is 47.5 Å². The van der Waals surface area contributed by atoms with Gasteiger partial charge >= 0.3 is 5.97 Å². The van der Waals surface area contributed by atoms with Crippen molar-refractivity contribution in [3.8, 4) is 0 Å². The number of fused-ring (bicyclic) bond motifs is 1. The summed E-state index contributed by atoms with van der Waals surface area (Å²) in [4.78, 5) is 23.7. The van der Waals surface area contributed by atoms with E-state index >= 15 is 0 Å². The van der Waals surface area contributed by atoms with E-state index in [1.54, 1.807) is 12.2 Å². The predicted molar refractivity (Wildman–Crippen MR) is 81.1 cm³/mol. The van der Waals surface area contributed by atoms with Crippen molar-refractivity contribution in [2.45, 2.75) is 44.6 Å². The molecule has 2 rings (SSSR count). The molecule has 4 nitrogen and oxygen atoms in total. The van der Waals surface area contributed by atoms with E-state index in [4.69, 9.17) is 0 Å². The quantitative estimate of drug-likeness (QED) is 0.818. The van der Waals surface area contributed by atoms with Gasteiger partial charge in [0, 0.05) is 0 Å². The topological polar surface area (TPSA) is 66.4 Å². The zero-order valence-corrected chi connectivity index (χ0v) is 12.2. The normalized spacial score (nSPS) is 19.0. The minimum Gasteiger partial charge on any atom is -0.480 e. The molecule has 0 spiro atoms. The maximum Gasteiger partial charge on any atom is 0.326 e. The molecule has 1 aliphatic carbocycles. The average molecular weight is 287 g/mol. The lowest BCUT2D eigenvalue weighted by Gasteiger charge is -2.26. The summed E-state index contributed by atoms with van der Waals surface area (Å²) in [6.07, 6.45) is 6.58. The Labute approximate surface area is 124 Å². The Morgan fingerprint density at radius 3 is 2.90 bits per heavy atom. The van der Waals surface area contributed by atoms with Crippen LogP contribution in [-0.4, -0.2) is 23.0 Å². The molecule has 0 saturated carbocycles. The number of carbonyl (C=O) groups is 2. The molecular formula is C17H21NO3. The van der Waals surface area contributed by atoms with Gasteiger partial charge in [0.15, 0.2) is 0 Å². The van der Waals surface area contributed by atoms with Crippen molar-refractivity contribution in [2.24, 2.45) is 0 Å². The number of rotatable bonds is 5. The first-order valence-electron chi connectivity index (χ1n) is 7.35. The average Bonchev–Trinajstić information content (AvgIpc) is 2.50. The van der Waals surface area contributed by atoms with Crippen molar-refractivity contribution in [1.82, 2.24) is 5.32 Å². The highest BCUT2D eigenvalue weighted by Gasteiger charge is 2.29. The van der Waals surface area contributed by atoms with Gasteiger partial charge in [0.1, 0.15) is 6.04 Å². The summed E-state index contributed by atoms with van der Waals surface area (Å²) in [5.41, 5.74) is 2.24. The third-order valence-electron chi connectivity index (χ3n) is 3.91. The van der Waals surface area contributed by atoms with Crippen molar-refractivity contribution < 1.29 is 14.7 Å². The van der Waals surface area contributed by atoms with Crippen LogP contribution in [0.3, 0.4) is 0 Å². The fourth-order valence-electron chi connectivity index (χ4n) is 2.79. The number of aryl methyl sites for hydroxylation is 1. The third kappa shape index (κ3) is 3.72. The number of hydrogen-bond donors (Lipinski definition) is 2. The molecule has 0 fully saturated rings. The molecule has 0 heterocycles. The van der Waals surface area contributed by atoms with Gasteiger partial charge in [0.25, 0.3) is 0 Å². The fourth-order valence-corrected chi connectivity index (χ4v) is 2.79. The zero-order chi connectivity index (χ0) is 15.2. The van der Waals surface area contributed by atoms with Crippen molar-refractivity contribution in [2.75, 3.05) is 0 Å². The van der Waals surface area contributed by atoms with E-state index in [-0.39, 0.29) is 11.8 Å². The first kappa shape index (κ1) is 15.3. The minimum atomic E-state index is -0.995. The summed E-state index contributed by atoms with van der Waals surface area (Å²) in [5.74, 6) is -1.41. The molecule has 0 bridgehead atoms. The summed E-state index contributed by atoms with van der Waals surface area (Å²) in [6, 6.07) is 7.07. The monoisotopic (exact) mass is 287 g/mol. The Morgan fingerprint density at radius 2 is 2.19 bits per heavy atom. The molecule has 1 amide bonds. The summed E-state index contributed by atoms with van der Waals surface area (Å²) in [6.45, 7) is 1.83. The lowest BCUT2D eigenvalue weighted by Crippen LogP contribution is -2.43. The Bertz CT molecular complexity index is 551. The zero-order valence-electron chi connectivity index (χ0n) is 12.2. The second-order valence-corrected chi connectivity index (χ2v) is 5.35. The number of carboxylic acid groups (broad SMARTS) is 1. The summed E-state index contributed by atoms with van der Waals surface area (Å²) < 4.78 is 0. The highest BCUT2D eigenvalue weighted by Crippen LogP contribution is 2.31. The lowest BCUT2D eigenvalue weighted by atomic mass is 9.82. The van der Waals surface area contributed by atoms with Crippen LogP contribution in [0.15, 0.2) is 36.4 Å². The van der Waals surface area contributed by atoms with Gasteiger partial charge in [0.2, 0.25) is 5.91 Å². The Hall–Kier alpha value is -2.10. The van der Waals surface area contributed by atoms with Crippen LogP contribution >= 0.6 is 0 Å². The molecule has 2 unspecified atom stereocenters. The van der Waals surface area contributed by atoms with Gasteiger partial charge in [-0.05, 0) is 43.7 Å². The molecule has 2 atom stereocenters. The van der Waals surface area contributed by atoms with E-state index in [1.807, 2.05) is 31.2 Å². The molecule has 0 aliphatic heterocycles. The number of nitrogens with one attached hydrogen (secondary N) is 1. The van der Waals surface area contributed by atoms with E-state index in [0.29, 0.717) is 6.42 Å². The minimum absolute atomic E-state index is 0.181. The van der Waals surface area contributed by atoms with Crippen LogP contribution in [0.2, 0.25) is 0 Å². The highest BCUT2D eigenvalue weighted by atomic mass is 16.4. The first-order valence-corrected chi connectivity index (χ1v) is 7.35. The number of amides is 1.